The van der Waals surface area contributed by atoms with Crippen LogP contribution in [0.5, 0.6) is 0 Å². The van der Waals surface area contributed by atoms with Crippen molar-refractivity contribution in [3.8, 4) is 0 Å². The lowest BCUT2D eigenvalue weighted by atomic mass is 10.2. The summed E-state index contributed by atoms with van der Waals surface area (Å²) >= 11 is 0. The zero-order chi connectivity index (χ0) is 57.1. The van der Waals surface area contributed by atoms with Gasteiger partial charge in [0.1, 0.15) is 19.8 Å². The largest absolute Gasteiger partial charge is 0.454 e. The molecule has 8 rings (SSSR count). The summed E-state index contributed by atoms with van der Waals surface area (Å²) in [5.41, 5.74) is -0.187. The van der Waals surface area contributed by atoms with Crippen molar-refractivity contribution in [3.63, 3.8) is 0 Å². The van der Waals surface area contributed by atoms with Crippen LogP contribution in [0, 0.1) is 0 Å². The summed E-state index contributed by atoms with van der Waals surface area (Å²) in [5.74, 6) is -1.25. The lowest BCUT2D eigenvalue weighted by molar-refractivity contribution is -0.149. The van der Waals surface area contributed by atoms with Gasteiger partial charge in [-0.1, -0.05) is 97.1 Å². The van der Waals surface area contributed by atoms with Crippen LogP contribution in [0.25, 0.3) is 0 Å². The molecule has 2 aliphatic rings. The van der Waals surface area contributed by atoms with Gasteiger partial charge < -0.3 is 51.5 Å². The highest BCUT2D eigenvalue weighted by Crippen LogP contribution is 2.49. The number of carbonyl (C=O) groups is 2. The number of nitrogens with zero attached hydrogens (tertiary/aromatic N) is 4. The van der Waals surface area contributed by atoms with Crippen LogP contribution in [-0.2, 0) is 87.3 Å². The molecule has 6 aromatic rings. The third-order valence-electron chi connectivity index (χ3n) is 12.0. The van der Waals surface area contributed by atoms with E-state index in [1.54, 1.807) is 81.4 Å². The summed E-state index contributed by atoms with van der Waals surface area (Å²) in [6, 6.07) is 37.8. The molecular weight excluding hydrogens is 1080 g/mol. The van der Waals surface area contributed by atoms with Crippen LogP contribution in [0.15, 0.2) is 165 Å². The Balaban J connectivity index is 0.000000231. The molecule has 1 unspecified atom stereocenters. The molecule has 80 heavy (non-hydrogen) atoms. The van der Waals surface area contributed by atoms with Crippen LogP contribution in [0.2, 0.25) is 0 Å². The van der Waals surface area contributed by atoms with Crippen molar-refractivity contribution < 1.29 is 70.2 Å². The number of benzene rings is 4. The zero-order valence-electron chi connectivity index (χ0n) is 44.5. The van der Waals surface area contributed by atoms with Gasteiger partial charge >= 0.3 is 30.9 Å². The third-order valence-corrected chi connectivity index (χ3v) is 15.2. The molecule has 428 valence electrons. The molecular formula is C55H64N4O19P2. The minimum absolute atomic E-state index is 0.0115. The third kappa shape index (κ3) is 17.1. The Hall–Kier alpha value is -6.72. The van der Waals surface area contributed by atoms with Crippen LogP contribution >= 0.6 is 15.0 Å². The van der Waals surface area contributed by atoms with E-state index in [0.717, 1.165) is 29.4 Å². The quantitative estimate of drug-likeness (QED) is 0.0377. The Morgan fingerprint density at radius 2 is 0.900 bits per heavy atom. The van der Waals surface area contributed by atoms with Crippen molar-refractivity contribution in [1.29, 1.82) is 0 Å². The van der Waals surface area contributed by atoms with E-state index in [-0.39, 0.29) is 65.7 Å². The number of hydrogen-bond donors (Lipinski definition) is 0. The number of esters is 2. The highest BCUT2D eigenvalue weighted by Gasteiger charge is 2.43. The predicted molar refractivity (Wildman–Crippen MR) is 289 cm³/mol. The van der Waals surface area contributed by atoms with Gasteiger partial charge in [0.15, 0.2) is 43.6 Å². The summed E-state index contributed by atoms with van der Waals surface area (Å²) < 4.78 is 91.3. The highest BCUT2D eigenvalue weighted by atomic mass is 31.2. The van der Waals surface area contributed by atoms with Gasteiger partial charge in [-0.3, -0.25) is 27.9 Å². The van der Waals surface area contributed by atoms with Crippen molar-refractivity contribution >= 4 is 26.9 Å². The Labute approximate surface area is 460 Å². The number of carbonyl (C=O) groups excluding carboxylic acids is 2. The molecule has 7 atom stereocenters. The Kier molecular flexibility index (Phi) is 22.6. The maximum atomic E-state index is 13.4. The fourth-order valence-electron chi connectivity index (χ4n) is 8.24. The number of rotatable bonds is 26. The molecule has 4 heterocycles. The molecule has 2 aromatic heterocycles. The topological polar surface area (TPSA) is 258 Å². The molecule has 0 aliphatic carbocycles. The van der Waals surface area contributed by atoms with E-state index in [4.69, 9.17) is 51.5 Å². The number of hydrogen-bond acceptors (Lipinski definition) is 19. The van der Waals surface area contributed by atoms with E-state index < -0.39 is 93.0 Å². The normalized spacial score (nSPS) is 19.6. The molecule has 25 heteroatoms. The summed E-state index contributed by atoms with van der Waals surface area (Å²) in [7, 11) is -6.60. The van der Waals surface area contributed by atoms with Crippen LogP contribution in [0.3, 0.4) is 0 Å². The molecule has 2 fully saturated rings. The predicted octanol–water partition coefficient (Wildman–Crippen LogP) is 7.47. The molecule has 0 bridgehead atoms. The minimum atomic E-state index is -3.56. The van der Waals surface area contributed by atoms with E-state index >= 15 is 0 Å². The standard InChI is InChI=1S/C28H33N2O10P.C27H31N2O9P/c1-3-37-41(34,38-4-2)20-36-25-17-23(39-27(32)22-13-9-6-10-14-22)26(40-25)29-16-15-24(31)30(28(29)33)19-35-18-21-11-7-5-8-12-21;1-3-36-39(2,33)19-35-24-16-22(37-26(31)21-12-8-5-9-13-21)25(38-24)28-15-14-23(30)29(27(28)32)18-34-17-20-10-6-4-7-11-20/h5-16,23,25-26H,3-4,17-20H2,1-2H3;4-15,22,24-25H,3,16-19H2,1-2H3/t23-,25+,26+;22-,24-,25+,39?/m00/s1. The van der Waals surface area contributed by atoms with Crippen LogP contribution < -0.4 is 22.5 Å². The Morgan fingerprint density at radius 3 is 1.29 bits per heavy atom. The molecule has 0 radical (unpaired) electrons. The molecule has 2 saturated heterocycles. The second-order valence-electron chi connectivity index (χ2n) is 17.9. The fraction of sp³-hybridized carbons (Fsp3) is 0.382. The van der Waals surface area contributed by atoms with Crippen molar-refractivity contribution in [3.05, 3.63) is 210 Å². The van der Waals surface area contributed by atoms with Crippen molar-refractivity contribution in [2.24, 2.45) is 0 Å². The van der Waals surface area contributed by atoms with Crippen LogP contribution in [-0.4, -0.2) is 94.2 Å². The first-order chi connectivity index (χ1) is 38.6. The summed E-state index contributed by atoms with van der Waals surface area (Å²) in [6.45, 7) is 6.88. The molecule has 0 amide bonds. The van der Waals surface area contributed by atoms with Gasteiger partial charge in [0.05, 0.1) is 44.2 Å². The van der Waals surface area contributed by atoms with Gasteiger partial charge in [-0.15, -0.1) is 0 Å². The smallest absolute Gasteiger partial charge is 0.356 e. The number of ether oxygens (including phenoxy) is 8. The van der Waals surface area contributed by atoms with Crippen molar-refractivity contribution in [2.45, 2.75) is 97.5 Å². The van der Waals surface area contributed by atoms with E-state index in [9.17, 15) is 37.9 Å². The SMILES string of the molecule is CCOP(=O)(CO[C@H]1C[C@H](OC(=O)c2ccccc2)[C@H](n2ccc(=O)n(COCc3ccccc3)c2=O)O1)OCC.CCOP(C)(=O)CO[C@@H]1C[C@H](OC(=O)c2ccccc2)[C@H](n2ccc(=O)n(COCc3ccccc3)c2=O)O1. The monoisotopic (exact) mass is 1150 g/mol. The lowest BCUT2D eigenvalue weighted by Crippen LogP contribution is -2.43. The van der Waals surface area contributed by atoms with Gasteiger partial charge in [0, 0.05) is 44.0 Å². The Morgan fingerprint density at radius 1 is 0.525 bits per heavy atom. The first-order valence-electron chi connectivity index (χ1n) is 25.6. The summed E-state index contributed by atoms with van der Waals surface area (Å²) in [5, 5.41) is 0. The zero-order valence-corrected chi connectivity index (χ0v) is 46.3. The molecule has 23 nitrogen and oxygen atoms in total. The first-order valence-corrected chi connectivity index (χ1v) is 29.6. The fourth-order valence-corrected chi connectivity index (χ4v) is 10.7. The summed E-state index contributed by atoms with van der Waals surface area (Å²) in [4.78, 5) is 77.5. The first kappa shape index (κ1) is 60.9. The minimum Gasteiger partial charge on any atom is -0.454 e. The van der Waals surface area contributed by atoms with Gasteiger partial charge in [-0.25, -0.2) is 28.3 Å². The highest BCUT2D eigenvalue weighted by molar-refractivity contribution is 7.57. The van der Waals surface area contributed by atoms with E-state index in [1.807, 2.05) is 60.7 Å². The lowest BCUT2D eigenvalue weighted by Gasteiger charge is -2.22. The van der Waals surface area contributed by atoms with Gasteiger partial charge in [-0.2, -0.15) is 0 Å². The second kappa shape index (κ2) is 29.7. The molecule has 0 N–H and O–H groups in total. The summed E-state index contributed by atoms with van der Waals surface area (Å²) in [6.07, 6.45) is -4.18. The van der Waals surface area contributed by atoms with Crippen LogP contribution in [0.1, 0.15) is 77.9 Å². The molecule has 0 spiro atoms. The average Bonchev–Trinajstić information content (AvgIpc) is 4.09. The maximum Gasteiger partial charge on any atom is 0.356 e. The van der Waals surface area contributed by atoms with Gasteiger partial charge in [0.25, 0.3) is 11.1 Å². The second-order valence-corrected chi connectivity index (χ2v) is 22.5. The maximum absolute atomic E-state index is 13.4. The van der Waals surface area contributed by atoms with E-state index in [0.29, 0.717) is 11.1 Å². The van der Waals surface area contributed by atoms with E-state index in [2.05, 4.69) is 0 Å². The Bertz CT molecular complexity index is 3280. The average molecular weight is 1150 g/mol. The number of aromatic nitrogens is 4. The molecule has 2 aliphatic heterocycles. The molecule has 4 aromatic carbocycles. The molecule has 0 saturated carbocycles. The van der Waals surface area contributed by atoms with Gasteiger partial charge in [0.2, 0.25) is 7.37 Å². The van der Waals surface area contributed by atoms with Crippen LogP contribution in [0.4, 0.5) is 0 Å². The van der Waals surface area contributed by atoms with Crippen molar-refractivity contribution in [1.82, 2.24) is 18.3 Å². The van der Waals surface area contributed by atoms with Gasteiger partial charge in [-0.05, 0) is 56.2 Å². The van der Waals surface area contributed by atoms with Crippen molar-refractivity contribution in [2.75, 3.05) is 39.2 Å². The van der Waals surface area contributed by atoms with E-state index in [1.165, 1.54) is 31.2 Å².